The quantitative estimate of drug-likeness (QED) is 0.915. The average Bonchev–Trinajstić information content (AvgIpc) is 2.56. The number of nitrogens with one attached hydrogen (secondary N) is 1. The van der Waals surface area contributed by atoms with E-state index in [1.54, 1.807) is 12.1 Å². The normalized spacial score (nSPS) is 25.3. The third-order valence-electron chi connectivity index (χ3n) is 3.95. The van der Waals surface area contributed by atoms with E-state index in [1.807, 2.05) is 0 Å². The molecule has 1 N–H and O–H groups in total. The lowest BCUT2D eigenvalue weighted by molar-refractivity contribution is 0.194. The fraction of sp³-hybridized carbons (Fsp3) is 0.600. The van der Waals surface area contributed by atoms with Crippen LogP contribution < -0.4 is 5.32 Å². The highest BCUT2D eigenvalue weighted by Crippen LogP contribution is 2.21. The van der Waals surface area contributed by atoms with Gasteiger partial charge in [-0.2, -0.15) is 0 Å². The van der Waals surface area contributed by atoms with Crippen molar-refractivity contribution in [2.24, 2.45) is 0 Å². The van der Waals surface area contributed by atoms with Gasteiger partial charge in [-0.15, -0.1) is 0 Å². The first kappa shape index (κ1) is 14.8. The number of hydrogen-bond acceptors (Lipinski definition) is 2. The zero-order chi connectivity index (χ0) is 13.8. The molecule has 1 heterocycles. The molecule has 1 saturated heterocycles. The van der Waals surface area contributed by atoms with Crippen LogP contribution >= 0.6 is 11.6 Å². The molecule has 2 rings (SSSR count). The Bertz CT molecular complexity index is 425. The standard InChI is InChI=1S/C15H22ClFN2/c1-3-14-10-19(11(2)6-7-18-14)9-12-8-13(17)4-5-15(12)16/h4-5,8,11,14,18H,3,6-7,9-10H2,1-2H3. The van der Waals surface area contributed by atoms with Gasteiger partial charge in [0.05, 0.1) is 0 Å². The maximum Gasteiger partial charge on any atom is 0.123 e. The van der Waals surface area contributed by atoms with Crippen molar-refractivity contribution in [3.8, 4) is 0 Å². The third-order valence-corrected chi connectivity index (χ3v) is 4.32. The summed E-state index contributed by atoms with van der Waals surface area (Å²) in [6, 6.07) is 5.60. The highest BCUT2D eigenvalue weighted by molar-refractivity contribution is 6.31. The van der Waals surface area contributed by atoms with Crippen molar-refractivity contribution in [2.75, 3.05) is 13.1 Å². The van der Waals surface area contributed by atoms with Crippen LogP contribution in [0.1, 0.15) is 32.3 Å². The molecule has 1 aromatic rings. The van der Waals surface area contributed by atoms with Crippen molar-refractivity contribution in [2.45, 2.75) is 45.3 Å². The van der Waals surface area contributed by atoms with E-state index in [2.05, 4.69) is 24.1 Å². The van der Waals surface area contributed by atoms with Crippen molar-refractivity contribution in [1.29, 1.82) is 0 Å². The van der Waals surface area contributed by atoms with E-state index in [-0.39, 0.29) is 5.82 Å². The minimum Gasteiger partial charge on any atom is -0.313 e. The summed E-state index contributed by atoms with van der Waals surface area (Å²) in [6.45, 7) is 7.18. The van der Waals surface area contributed by atoms with Crippen LogP contribution in [0.15, 0.2) is 18.2 Å². The molecule has 0 radical (unpaired) electrons. The Labute approximate surface area is 119 Å². The molecule has 4 heteroatoms. The number of nitrogens with zero attached hydrogens (tertiary/aromatic N) is 1. The second-order valence-corrected chi connectivity index (χ2v) is 5.77. The summed E-state index contributed by atoms with van der Waals surface area (Å²) in [5.74, 6) is -0.216. The molecule has 106 valence electrons. The highest BCUT2D eigenvalue weighted by atomic mass is 35.5. The van der Waals surface area contributed by atoms with Gasteiger partial charge in [0.15, 0.2) is 0 Å². The van der Waals surface area contributed by atoms with E-state index in [0.717, 1.165) is 38.0 Å². The number of benzene rings is 1. The zero-order valence-corrected chi connectivity index (χ0v) is 12.4. The molecule has 0 aromatic heterocycles. The minimum absolute atomic E-state index is 0.216. The summed E-state index contributed by atoms with van der Waals surface area (Å²) >= 11 is 6.17. The summed E-state index contributed by atoms with van der Waals surface area (Å²) in [5, 5.41) is 4.21. The van der Waals surface area contributed by atoms with Gasteiger partial charge in [0, 0.05) is 30.2 Å². The number of rotatable bonds is 3. The molecule has 1 aliphatic heterocycles. The first-order chi connectivity index (χ1) is 9.10. The SMILES string of the molecule is CCC1CN(Cc2cc(F)ccc2Cl)C(C)CCN1. The first-order valence-electron chi connectivity index (χ1n) is 7.01. The van der Waals surface area contributed by atoms with Gasteiger partial charge in [0.2, 0.25) is 0 Å². The van der Waals surface area contributed by atoms with E-state index in [1.165, 1.54) is 6.07 Å². The molecule has 2 unspecified atom stereocenters. The molecule has 1 aromatic carbocycles. The van der Waals surface area contributed by atoms with E-state index in [9.17, 15) is 4.39 Å². The molecule has 2 atom stereocenters. The lowest BCUT2D eigenvalue weighted by atomic mass is 10.1. The van der Waals surface area contributed by atoms with Gasteiger partial charge in [-0.25, -0.2) is 4.39 Å². The second kappa shape index (κ2) is 6.69. The van der Waals surface area contributed by atoms with Gasteiger partial charge in [-0.1, -0.05) is 18.5 Å². The van der Waals surface area contributed by atoms with E-state index in [4.69, 9.17) is 11.6 Å². The highest BCUT2D eigenvalue weighted by Gasteiger charge is 2.22. The fourth-order valence-electron chi connectivity index (χ4n) is 2.58. The van der Waals surface area contributed by atoms with Gasteiger partial charge in [0.1, 0.15) is 5.82 Å². The zero-order valence-electron chi connectivity index (χ0n) is 11.6. The minimum atomic E-state index is -0.216. The Morgan fingerprint density at radius 2 is 2.26 bits per heavy atom. The topological polar surface area (TPSA) is 15.3 Å². The molecule has 1 fully saturated rings. The Morgan fingerprint density at radius 1 is 1.47 bits per heavy atom. The van der Waals surface area contributed by atoms with E-state index in [0.29, 0.717) is 17.1 Å². The molecule has 0 amide bonds. The summed E-state index contributed by atoms with van der Waals surface area (Å²) < 4.78 is 13.3. The smallest absolute Gasteiger partial charge is 0.123 e. The maximum atomic E-state index is 13.3. The molecule has 1 aliphatic rings. The Kier molecular flexibility index (Phi) is 5.20. The molecular weight excluding hydrogens is 263 g/mol. The summed E-state index contributed by atoms with van der Waals surface area (Å²) in [6.07, 6.45) is 2.23. The van der Waals surface area contributed by atoms with Crippen molar-refractivity contribution < 1.29 is 4.39 Å². The van der Waals surface area contributed by atoms with Crippen LogP contribution in [0.2, 0.25) is 5.02 Å². The van der Waals surface area contributed by atoms with Crippen molar-refractivity contribution in [3.63, 3.8) is 0 Å². The van der Waals surface area contributed by atoms with E-state index >= 15 is 0 Å². The predicted octanol–water partition coefficient (Wildman–Crippen LogP) is 3.44. The lowest BCUT2D eigenvalue weighted by Crippen LogP contribution is -2.39. The van der Waals surface area contributed by atoms with Crippen LogP contribution in [0.3, 0.4) is 0 Å². The van der Waals surface area contributed by atoms with Crippen molar-refractivity contribution in [3.05, 3.63) is 34.6 Å². The number of halogens is 2. The first-order valence-corrected chi connectivity index (χ1v) is 7.39. The van der Waals surface area contributed by atoms with Crippen molar-refractivity contribution >= 4 is 11.6 Å². The summed E-state index contributed by atoms with van der Waals surface area (Å²) in [4.78, 5) is 2.40. The van der Waals surface area contributed by atoms with Crippen LogP contribution in [-0.2, 0) is 6.54 Å². The summed E-state index contributed by atoms with van der Waals surface area (Å²) in [7, 11) is 0. The Morgan fingerprint density at radius 3 is 3.00 bits per heavy atom. The van der Waals surface area contributed by atoms with Gasteiger partial charge in [-0.3, -0.25) is 4.90 Å². The lowest BCUT2D eigenvalue weighted by Gasteiger charge is -2.29. The second-order valence-electron chi connectivity index (χ2n) is 5.36. The molecule has 0 saturated carbocycles. The van der Waals surface area contributed by atoms with Crippen LogP contribution in [0.4, 0.5) is 4.39 Å². The van der Waals surface area contributed by atoms with Crippen LogP contribution in [0, 0.1) is 5.82 Å². The molecule has 0 aliphatic carbocycles. The summed E-state index contributed by atoms with van der Waals surface area (Å²) in [5.41, 5.74) is 0.880. The van der Waals surface area contributed by atoms with E-state index < -0.39 is 0 Å². The molecule has 2 nitrogen and oxygen atoms in total. The fourth-order valence-corrected chi connectivity index (χ4v) is 2.76. The monoisotopic (exact) mass is 284 g/mol. The van der Waals surface area contributed by atoms with Crippen LogP contribution in [0.5, 0.6) is 0 Å². The molecule has 19 heavy (non-hydrogen) atoms. The van der Waals surface area contributed by atoms with Gasteiger partial charge in [-0.05, 0) is 50.1 Å². The molecule has 0 bridgehead atoms. The average molecular weight is 285 g/mol. The van der Waals surface area contributed by atoms with Gasteiger partial charge < -0.3 is 5.32 Å². The Balaban J connectivity index is 2.12. The molecular formula is C15H22ClFN2. The van der Waals surface area contributed by atoms with Crippen LogP contribution in [-0.4, -0.2) is 30.1 Å². The predicted molar refractivity (Wildman–Crippen MR) is 78.0 cm³/mol. The largest absolute Gasteiger partial charge is 0.313 e. The van der Waals surface area contributed by atoms with Gasteiger partial charge >= 0.3 is 0 Å². The number of hydrogen-bond donors (Lipinski definition) is 1. The van der Waals surface area contributed by atoms with Crippen molar-refractivity contribution in [1.82, 2.24) is 10.2 Å². The van der Waals surface area contributed by atoms with Crippen LogP contribution in [0.25, 0.3) is 0 Å². The maximum absolute atomic E-state index is 13.3. The Hall–Kier alpha value is -0.640. The van der Waals surface area contributed by atoms with Gasteiger partial charge in [0.25, 0.3) is 0 Å². The third kappa shape index (κ3) is 3.91. The molecule has 0 spiro atoms.